The summed E-state index contributed by atoms with van der Waals surface area (Å²) < 4.78 is 0. The predicted molar refractivity (Wildman–Crippen MR) is 105 cm³/mol. The molecule has 1 N–H and O–H groups in total. The molecule has 6 nitrogen and oxygen atoms in total. The van der Waals surface area contributed by atoms with E-state index in [1.165, 1.54) is 4.90 Å². The van der Waals surface area contributed by atoms with Crippen LogP contribution in [0.1, 0.15) is 23.7 Å². The number of halogens is 1. The summed E-state index contributed by atoms with van der Waals surface area (Å²) in [5, 5.41) is 3.28. The molecule has 0 bridgehead atoms. The minimum atomic E-state index is -0.323. The molecule has 140 valence electrons. The van der Waals surface area contributed by atoms with E-state index in [0.717, 1.165) is 0 Å². The van der Waals surface area contributed by atoms with Crippen LogP contribution in [0, 0.1) is 0 Å². The van der Waals surface area contributed by atoms with Crippen molar-refractivity contribution in [1.82, 2.24) is 4.90 Å². The van der Waals surface area contributed by atoms with Gasteiger partial charge in [-0.3, -0.25) is 14.4 Å². The van der Waals surface area contributed by atoms with Crippen molar-refractivity contribution in [3.8, 4) is 0 Å². The van der Waals surface area contributed by atoms with E-state index in [1.54, 1.807) is 54.4 Å². The molecule has 2 aromatic carbocycles. The molecule has 2 aromatic rings. The third kappa shape index (κ3) is 4.11. The van der Waals surface area contributed by atoms with Gasteiger partial charge in [0.2, 0.25) is 11.8 Å². The Morgan fingerprint density at radius 3 is 2.70 bits per heavy atom. The van der Waals surface area contributed by atoms with E-state index >= 15 is 0 Å². The molecule has 3 amide bonds. The van der Waals surface area contributed by atoms with Gasteiger partial charge >= 0.3 is 0 Å². The maximum atomic E-state index is 13.0. The smallest absolute Gasteiger partial charge is 0.254 e. The van der Waals surface area contributed by atoms with Gasteiger partial charge in [-0.25, -0.2) is 0 Å². The van der Waals surface area contributed by atoms with Crippen molar-refractivity contribution in [1.29, 1.82) is 0 Å². The van der Waals surface area contributed by atoms with Crippen molar-refractivity contribution in [3.05, 3.63) is 59.1 Å². The summed E-state index contributed by atoms with van der Waals surface area (Å²) in [5.41, 5.74) is 1.63. The Hall–Kier alpha value is -2.86. The number of hydrogen-bond acceptors (Lipinski definition) is 3. The minimum Gasteiger partial charge on any atom is -0.332 e. The quantitative estimate of drug-likeness (QED) is 0.882. The minimum absolute atomic E-state index is 0.113. The van der Waals surface area contributed by atoms with Crippen molar-refractivity contribution in [3.63, 3.8) is 0 Å². The third-order valence-electron chi connectivity index (χ3n) is 4.42. The number of rotatable bonds is 3. The van der Waals surface area contributed by atoms with Crippen molar-refractivity contribution in [2.75, 3.05) is 23.8 Å². The molecule has 0 saturated heterocycles. The van der Waals surface area contributed by atoms with Crippen molar-refractivity contribution >= 4 is 40.7 Å². The number of fused-ring (bicyclic) bond motifs is 1. The second-order valence-corrected chi connectivity index (χ2v) is 6.99. The Morgan fingerprint density at radius 1 is 1.22 bits per heavy atom. The van der Waals surface area contributed by atoms with Crippen LogP contribution in [0.15, 0.2) is 48.5 Å². The summed E-state index contributed by atoms with van der Waals surface area (Å²) in [6, 6.07) is 13.4. The largest absolute Gasteiger partial charge is 0.332 e. The van der Waals surface area contributed by atoms with E-state index in [2.05, 4.69) is 5.32 Å². The van der Waals surface area contributed by atoms with Crippen molar-refractivity contribution < 1.29 is 14.4 Å². The fourth-order valence-corrected chi connectivity index (χ4v) is 3.35. The van der Waals surface area contributed by atoms with Gasteiger partial charge in [-0.05, 0) is 37.3 Å². The molecule has 3 rings (SSSR count). The summed E-state index contributed by atoms with van der Waals surface area (Å²) in [4.78, 5) is 40.6. The molecular formula is C20H20ClN3O3. The number of amides is 3. The summed E-state index contributed by atoms with van der Waals surface area (Å²) >= 11 is 5.94. The van der Waals surface area contributed by atoms with Crippen molar-refractivity contribution in [2.24, 2.45) is 0 Å². The maximum absolute atomic E-state index is 13.0. The SMILES string of the molecule is C[C@H]1CC(=O)Nc2ccccc2N1C(=O)CN(C)C(=O)c1cccc(Cl)c1. The number of hydrogen-bond donors (Lipinski definition) is 1. The van der Waals surface area contributed by atoms with Crippen LogP contribution < -0.4 is 10.2 Å². The van der Waals surface area contributed by atoms with Gasteiger partial charge in [-0.2, -0.15) is 0 Å². The highest BCUT2D eigenvalue weighted by atomic mass is 35.5. The first kappa shape index (κ1) is 18.9. The van der Waals surface area contributed by atoms with Gasteiger partial charge in [0.25, 0.3) is 5.91 Å². The number of nitrogens with one attached hydrogen (secondary N) is 1. The monoisotopic (exact) mass is 385 g/mol. The lowest BCUT2D eigenvalue weighted by Gasteiger charge is -2.29. The Kier molecular flexibility index (Phi) is 5.46. The predicted octanol–water partition coefficient (Wildman–Crippen LogP) is 3.18. The van der Waals surface area contributed by atoms with E-state index in [4.69, 9.17) is 11.6 Å². The average Bonchev–Trinajstić information content (AvgIpc) is 2.75. The molecule has 1 aliphatic heterocycles. The maximum Gasteiger partial charge on any atom is 0.254 e. The summed E-state index contributed by atoms with van der Waals surface area (Å²) in [6.07, 6.45) is 0.187. The van der Waals surface area contributed by atoms with Gasteiger partial charge in [0.1, 0.15) is 6.54 Å². The number of anilines is 2. The van der Waals surface area contributed by atoms with Crippen molar-refractivity contribution in [2.45, 2.75) is 19.4 Å². The molecule has 0 radical (unpaired) electrons. The molecule has 1 heterocycles. The van der Waals surface area contributed by atoms with Gasteiger partial charge in [0.05, 0.1) is 11.4 Å². The fourth-order valence-electron chi connectivity index (χ4n) is 3.16. The second-order valence-electron chi connectivity index (χ2n) is 6.55. The Morgan fingerprint density at radius 2 is 1.96 bits per heavy atom. The van der Waals surface area contributed by atoms with Gasteiger partial charge < -0.3 is 15.1 Å². The normalized spacial score (nSPS) is 16.2. The van der Waals surface area contributed by atoms with E-state index in [9.17, 15) is 14.4 Å². The standard InChI is InChI=1S/C20H20ClN3O3/c1-13-10-18(25)22-16-8-3-4-9-17(16)24(13)19(26)12-23(2)20(27)14-6-5-7-15(21)11-14/h3-9,11,13H,10,12H2,1-2H3,(H,22,25)/t13-/m0/s1. The molecule has 7 heteroatoms. The number of benzene rings is 2. The first-order valence-corrected chi connectivity index (χ1v) is 8.96. The molecule has 0 unspecified atom stereocenters. The molecule has 0 spiro atoms. The Balaban J connectivity index is 1.82. The number of carbonyl (C=O) groups is 3. The molecule has 0 aromatic heterocycles. The Bertz CT molecular complexity index is 900. The average molecular weight is 386 g/mol. The van der Waals surface area contributed by atoms with Gasteiger partial charge in [-0.1, -0.05) is 29.8 Å². The zero-order valence-electron chi connectivity index (χ0n) is 15.1. The lowest BCUT2D eigenvalue weighted by atomic mass is 10.1. The van der Waals surface area contributed by atoms with Crippen LogP contribution in [0.25, 0.3) is 0 Å². The highest BCUT2D eigenvalue weighted by molar-refractivity contribution is 6.31. The fraction of sp³-hybridized carbons (Fsp3) is 0.250. The molecule has 27 heavy (non-hydrogen) atoms. The van der Waals surface area contributed by atoms with Crippen LogP contribution in [-0.2, 0) is 9.59 Å². The number of para-hydroxylation sites is 2. The van der Waals surface area contributed by atoms with Crippen LogP contribution in [0.3, 0.4) is 0 Å². The zero-order chi connectivity index (χ0) is 19.6. The first-order valence-electron chi connectivity index (χ1n) is 8.59. The molecule has 0 saturated carbocycles. The lowest BCUT2D eigenvalue weighted by molar-refractivity contribution is -0.119. The van der Waals surface area contributed by atoms with Gasteiger partial charge in [0, 0.05) is 30.1 Å². The first-order chi connectivity index (χ1) is 12.9. The molecule has 0 fully saturated rings. The summed E-state index contributed by atoms with van der Waals surface area (Å²) in [5.74, 6) is -0.700. The highest BCUT2D eigenvalue weighted by Gasteiger charge is 2.30. The zero-order valence-corrected chi connectivity index (χ0v) is 15.9. The van der Waals surface area contributed by atoms with E-state index in [-0.39, 0.29) is 36.7 Å². The number of likely N-dealkylation sites (N-methyl/N-ethyl adjacent to an activating group) is 1. The topological polar surface area (TPSA) is 69.7 Å². The highest BCUT2D eigenvalue weighted by Crippen LogP contribution is 2.31. The molecule has 1 aliphatic rings. The molecule has 1 atom stereocenters. The van der Waals surface area contributed by atoms with E-state index < -0.39 is 0 Å². The van der Waals surface area contributed by atoms with Gasteiger partial charge in [-0.15, -0.1) is 0 Å². The number of nitrogens with zero attached hydrogens (tertiary/aromatic N) is 2. The second kappa shape index (κ2) is 7.80. The molecular weight excluding hydrogens is 366 g/mol. The van der Waals surface area contributed by atoms with Crippen LogP contribution in [0.4, 0.5) is 11.4 Å². The van der Waals surface area contributed by atoms with E-state index in [0.29, 0.717) is 22.0 Å². The van der Waals surface area contributed by atoms with Crippen LogP contribution in [0.5, 0.6) is 0 Å². The van der Waals surface area contributed by atoms with Crippen LogP contribution in [0.2, 0.25) is 5.02 Å². The summed E-state index contributed by atoms with van der Waals surface area (Å²) in [7, 11) is 1.57. The molecule has 0 aliphatic carbocycles. The lowest BCUT2D eigenvalue weighted by Crippen LogP contribution is -2.45. The van der Waals surface area contributed by atoms with Crippen LogP contribution >= 0.6 is 11.6 Å². The Labute approximate surface area is 162 Å². The van der Waals surface area contributed by atoms with E-state index in [1.807, 2.05) is 13.0 Å². The van der Waals surface area contributed by atoms with Crippen LogP contribution in [-0.4, -0.2) is 42.3 Å². The van der Waals surface area contributed by atoms with Gasteiger partial charge in [0.15, 0.2) is 0 Å². The third-order valence-corrected chi connectivity index (χ3v) is 4.65. The number of carbonyl (C=O) groups excluding carboxylic acids is 3. The summed E-state index contributed by atoms with van der Waals surface area (Å²) in [6.45, 7) is 1.70.